The van der Waals surface area contributed by atoms with Gasteiger partial charge in [0.15, 0.2) is 5.96 Å². The Kier molecular flexibility index (Phi) is 11.4. The molecule has 2 rings (SSSR count). The van der Waals surface area contributed by atoms with Crippen molar-refractivity contribution in [1.29, 1.82) is 0 Å². The quantitative estimate of drug-likeness (QED) is 0.373. The van der Waals surface area contributed by atoms with Crippen LogP contribution in [0.4, 0.5) is 0 Å². The van der Waals surface area contributed by atoms with E-state index in [9.17, 15) is 0 Å². The van der Waals surface area contributed by atoms with Crippen molar-refractivity contribution in [3.63, 3.8) is 0 Å². The maximum absolute atomic E-state index is 5.91. The van der Waals surface area contributed by atoms with Crippen LogP contribution in [0.3, 0.4) is 0 Å². The number of aliphatic imine (C=N–C) groups is 1. The minimum atomic E-state index is 0. The van der Waals surface area contributed by atoms with Gasteiger partial charge in [-0.1, -0.05) is 23.7 Å². The molecule has 2 N–H and O–H groups in total. The van der Waals surface area contributed by atoms with Gasteiger partial charge in [0.1, 0.15) is 0 Å². The molecule has 0 atom stereocenters. The third-order valence-corrected chi connectivity index (χ3v) is 4.63. The largest absolute Gasteiger partial charge is 0.356 e. The first-order chi connectivity index (χ1) is 11.7. The summed E-state index contributed by atoms with van der Waals surface area (Å²) in [7, 11) is 4.02. The van der Waals surface area contributed by atoms with Gasteiger partial charge in [0.2, 0.25) is 0 Å². The summed E-state index contributed by atoms with van der Waals surface area (Å²) in [4.78, 5) is 9.23. The van der Waals surface area contributed by atoms with Gasteiger partial charge in [-0.3, -0.25) is 4.99 Å². The molecule has 1 fully saturated rings. The van der Waals surface area contributed by atoms with Gasteiger partial charge in [-0.15, -0.1) is 24.0 Å². The molecular weight excluding hydrogens is 449 g/mol. The van der Waals surface area contributed by atoms with Crippen LogP contribution in [0.25, 0.3) is 0 Å². The summed E-state index contributed by atoms with van der Waals surface area (Å²) in [5.74, 6) is 0.871. The van der Waals surface area contributed by atoms with Gasteiger partial charge in [-0.2, -0.15) is 0 Å². The first-order valence-corrected chi connectivity index (χ1v) is 9.15. The van der Waals surface area contributed by atoms with Crippen LogP contribution in [0.2, 0.25) is 5.02 Å². The average Bonchev–Trinajstić information content (AvgIpc) is 2.79. The van der Waals surface area contributed by atoms with Gasteiger partial charge in [-0.25, -0.2) is 0 Å². The predicted molar refractivity (Wildman–Crippen MR) is 118 cm³/mol. The van der Waals surface area contributed by atoms with E-state index in [0.717, 1.165) is 50.1 Å². The highest BCUT2D eigenvalue weighted by Gasteiger charge is 2.11. The van der Waals surface area contributed by atoms with Crippen LogP contribution < -0.4 is 10.6 Å². The van der Waals surface area contributed by atoms with Gasteiger partial charge in [0.05, 0.1) is 0 Å². The number of nitrogens with zero attached hydrogens (tertiary/aromatic N) is 3. The van der Waals surface area contributed by atoms with Gasteiger partial charge in [-0.05, 0) is 50.7 Å². The molecular formula is C18H31ClIN5. The number of rotatable bonds is 6. The van der Waals surface area contributed by atoms with Crippen molar-refractivity contribution in [2.75, 3.05) is 59.9 Å². The Hall–Kier alpha value is -0.570. The standard InChI is InChI=1S/C18H30ClN5.HI/c1-20-18(21-9-8-16-4-6-17(19)7-5-16)22-10-13-24-12-3-11-23(2)14-15-24;/h4-7H,3,8-15H2,1-2H3,(H2,20,21,22);1H. The third kappa shape index (κ3) is 9.08. The molecule has 1 aromatic rings. The fraction of sp³-hybridized carbons (Fsp3) is 0.611. The van der Waals surface area contributed by atoms with E-state index in [2.05, 4.69) is 44.6 Å². The van der Waals surface area contributed by atoms with E-state index in [0.29, 0.717) is 0 Å². The predicted octanol–water partition coefficient (Wildman–Crippen LogP) is 2.30. The first-order valence-electron chi connectivity index (χ1n) is 8.77. The van der Waals surface area contributed by atoms with E-state index in [1.165, 1.54) is 25.1 Å². The van der Waals surface area contributed by atoms with Crippen LogP contribution in [-0.4, -0.2) is 75.7 Å². The molecule has 0 unspecified atom stereocenters. The Labute approximate surface area is 174 Å². The summed E-state index contributed by atoms with van der Waals surface area (Å²) in [6, 6.07) is 8.00. The zero-order chi connectivity index (χ0) is 17.2. The topological polar surface area (TPSA) is 42.9 Å². The lowest BCUT2D eigenvalue weighted by molar-refractivity contribution is 0.280. The monoisotopic (exact) mass is 479 g/mol. The number of likely N-dealkylation sites (N-methyl/N-ethyl adjacent to an activating group) is 1. The maximum Gasteiger partial charge on any atom is 0.191 e. The lowest BCUT2D eigenvalue weighted by Gasteiger charge is -2.21. The van der Waals surface area contributed by atoms with E-state index < -0.39 is 0 Å². The molecule has 0 radical (unpaired) electrons. The zero-order valence-corrected chi connectivity index (χ0v) is 18.4. The van der Waals surface area contributed by atoms with Crippen molar-refractivity contribution in [2.45, 2.75) is 12.8 Å². The highest BCUT2D eigenvalue weighted by molar-refractivity contribution is 14.0. The molecule has 0 amide bonds. The molecule has 5 nitrogen and oxygen atoms in total. The van der Waals surface area contributed by atoms with Crippen molar-refractivity contribution in [2.24, 2.45) is 4.99 Å². The second kappa shape index (κ2) is 12.7. The van der Waals surface area contributed by atoms with Gasteiger partial charge < -0.3 is 20.4 Å². The highest BCUT2D eigenvalue weighted by Crippen LogP contribution is 2.09. The fourth-order valence-electron chi connectivity index (χ4n) is 2.85. The molecule has 7 heteroatoms. The van der Waals surface area contributed by atoms with E-state index in [1.807, 2.05) is 19.2 Å². The Bertz CT molecular complexity index is 509. The van der Waals surface area contributed by atoms with Crippen molar-refractivity contribution in [3.05, 3.63) is 34.9 Å². The Morgan fingerprint density at radius 1 is 1.08 bits per heavy atom. The molecule has 1 aromatic carbocycles. The minimum absolute atomic E-state index is 0. The first kappa shape index (κ1) is 22.5. The lowest BCUT2D eigenvalue weighted by atomic mass is 10.1. The summed E-state index contributed by atoms with van der Waals surface area (Å²) in [6.45, 7) is 7.55. The minimum Gasteiger partial charge on any atom is -0.356 e. The summed E-state index contributed by atoms with van der Waals surface area (Å²) in [5, 5.41) is 7.56. The van der Waals surface area contributed by atoms with Crippen molar-refractivity contribution in [1.82, 2.24) is 20.4 Å². The van der Waals surface area contributed by atoms with E-state index >= 15 is 0 Å². The Morgan fingerprint density at radius 2 is 1.80 bits per heavy atom. The number of nitrogens with one attached hydrogen (secondary N) is 2. The summed E-state index contributed by atoms with van der Waals surface area (Å²) < 4.78 is 0. The molecule has 0 aromatic heterocycles. The van der Waals surface area contributed by atoms with Crippen molar-refractivity contribution in [3.8, 4) is 0 Å². The molecule has 1 saturated heterocycles. The summed E-state index contributed by atoms with van der Waals surface area (Å²) in [6.07, 6.45) is 2.21. The molecule has 0 aliphatic carbocycles. The van der Waals surface area contributed by atoms with Crippen LogP contribution in [0, 0.1) is 0 Å². The Balaban J connectivity index is 0.00000312. The SMILES string of the molecule is CN=C(NCCc1ccc(Cl)cc1)NCCN1CCCN(C)CC1.I. The zero-order valence-electron chi connectivity index (χ0n) is 15.3. The smallest absolute Gasteiger partial charge is 0.191 e. The second-order valence-electron chi connectivity index (χ2n) is 6.30. The van der Waals surface area contributed by atoms with Crippen molar-refractivity contribution >= 4 is 41.5 Å². The molecule has 0 spiro atoms. The molecule has 0 bridgehead atoms. The molecule has 142 valence electrons. The lowest BCUT2D eigenvalue weighted by Crippen LogP contribution is -2.42. The molecule has 1 aliphatic rings. The van der Waals surface area contributed by atoms with Crippen LogP contribution in [0.1, 0.15) is 12.0 Å². The van der Waals surface area contributed by atoms with Gasteiger partial charge in [0.25, 0.3) is 0 Å². The van der Waals surface area contributed by atoms with E-state index in [4.69, 9.17) is 11.6 Å². The van der Waals surface area contributed by atoms with Crippen molar-refractivity contribution < 1.29 is 0 Å². The van der Waals surface area contributed by atoms with Crippen LogP contribution in [0.15, 0.2) is 29.3 Å². The highest BCUT2D eigenvalue weighted by atomic mass is 127. The van der Waals surface area contributed by atoms with Crippen LogP contribution in [0.5, 0.6) is 0 Å². The summed E-state index contributed by atoms with van der Waals surface area (Å²) >= 11 is 5.91. The number of guanidine groups is 1. The molecule has 1 heterocycles. The normalized spacial score (nSPS) is 16.8. The fourth-order valence-corrected chi connectivity index (χ4v) is 2.98. The third-order valence-electron chi connectivity index (χ3n) is 4.38. The molecule has 1 aliphatic heterocycles. The van der Waals surface area contributed by atoms with Gasteiger partial charge >= 0.3 is 0 Å². The maximum atomic E-state index is 5.91. The number of hydrogen-bond acceptors (Lipinski definition) is 3. The average molecular weight is 480 g/mol. The second-order valence-corrected chi connectivity index (χ2v) is 6.74. The molecule has 0 saturated carbocycles. The van der Waals surface area contributed by atoms with E-state index in [1.54, 1.807) is 0 Å². The Morgan fingerprint density at radius 3 is 2.52 bits per heavy atom. The number of halogens is 2. The van der Waals surface area contributed by atoms with Crippen LogP contribution >= 0.6 is 35.6 Å². The van der Waals surface area contributed by atoms with Gasteiger partial charge in [0, 0.05) is 44.8 Å². The van der Waals surface area contributed by atoms with E-state index in [-0.39, 0.29) is 24.0 Å². The van der Waals surface area contributed by atoms with Crippen LogP contribution in [-0.2, 0) is 6.42 Å². The molecule has 25 heavy (non-hydrogen) atoms. The number of hydrogen-bond donors (Lipinski definition) is 2. The number of benzene rings is 1. The summed E-state index contributed by atoms with van der Waals surface area (Å²) in [5.41, 5.74) is 1.27.